The number of rotatable bonds is 51. The number of anilines is 3. The highest BCUT2D eigenvalue weighted by Gasteiger charge is 2.69. The highest BCUT2D eigenvalue weighted by atomic mass is 19.4. The summed E-state index contributed by atoms with van der Waals surface area (Å²) in [4.78, 5) is 66.1. The van der Waals surface area contributed by atoms with Crippen molar-refractivity contribution in [1.82, 2.24) is 36.2 Å². The van der Waals surface area contributed by atoms with E-state index in [1.807, 2.05) is 48.5 Å². The molecule has 15 atom stereocenters. The molecule has 9 aliphatic heterocycles. The molecule has 33 nitrogen and oxygen atoms in total. The van der Waals surface area contributed by atoms with E-state index >= 15 is 0 Å². The molecule has 6 bridgehead atoms. The fourth-order valence-corrected chi connectivity index (χ4v) is 19.0. The molecule has 1 aliphatic carbocycles. The molecule has 0 saturated carbocycles. The van der Waals surface area contributed by atoms with Crippen LogP contribution in [-0.4, -0.2) is 277 Å². The Balaban J connectivity index is 0.509. The molecule has 7 N–H and O–H groups in total. The molecule has 0 radical (unpaired) electrons. The summed E-state index contributed by atoms with van der Waals surface area (Å²) >= 11 is 0. The Labute approximate surface area is 782 Å². The molecule has 42 heteroatoms. The van der Waals surface area contributed by atoms with Gasteiger partial charge >= 0.3 is 24.6 Å². The average molecular weight is 1930 g/mol. The van der Waals surface area contributed by atoms with Crippen molar-refractivity contribution in [3.63, 3.8) is 0 Å². The van der Waals surface area contributed by atoms with Crippen LogP contribution in [0.5, 0.6) is 0 Å². The molecule has 5 aromatic rings. The van der Waals surface area contributed by atoms with Gasteiger partial charge < -0.3 is 127 Å². The second-order valence-corrected chi connectivity index (χ2v) is 37.5. The first-order chi connectivity index (χ1) is 65.0. The number of nitrogens with zero attached hydrogens (tertiary/aromatic N) is 3. The summed E-state index contributed by atoms with van der Waals surface area (Å²) in [5.41, 5.74) is -3.81. The Morgan fingerprint density at radius 3 is 1.01 bits per heavy atom. The number of amides is 4. The Bertz CT molecular complexity index is 4400. The molecule has 136 heavy (non-hydrogen) atoms. The van der Waals surface area contributed by atoms with Crippen molar-refractivity contribution in [3.8, 4) is 11.1 Å². The first-order valence-electron chi connectivity index (χ1n) is 46.8. The van der Waals surface area contributed by atoms with E-state index in [1.165, 1.54) is 36.4 Å². The molecular weight excluding hydrogens is 1810 g/mol. The van der Waals surface area contributed by atoms with Gasteiger partial charge in [0, 0.05) is 64.6 Å². The Morgan fingerprint density at radius 1 is 0.375 bits per heavy atom. The number of alkyl halides is 9. The number of fused-ring (bicyclic) bond motifs is 15. The minimum absolute atomic E-state index is 0.0259. The van der Waals surface area contributed by atoms with Crippen LogP contribution in [0, 0.1) is 0 Å². The number of pyridine rings is 3. The van der Waals surface area contributed by atoms with E-state index in [-0.39, 0.29) is 146 Å². The highest BCUT2D eigenvalue weighted by molar-refractivity contribution is 5.79. The van der Waals surface area contributed by atoms with Crippen LogP contribution >= 0.6 is 0 Å². The molecule has 4 amide bonds. The summed E-state index contributed by atoms with van der Waals surface area (Å²) in [6.07, 6.45) is -13.2. The van der Waals surface area contributed by atoms with E-state index in [9.17, 15) is 58.7 Å². The van der Waals surface area contributed by atoms with Gasteiger partial charge in [0.15, 0.2) is 36.2 Å². The van der Waals surface area contributed by atoms with Crippen LogP contribution in [0.15, 0.2) is 103 Å². The first-order valence-corrected chi connectivity index (χ1v) is 46.8. The Kier molecular flexibility index (Phi) is 33.2. The zero-order chi connectivity index (χ0) is 96.2. The van der Waals surface area contributed by atoms with Crippen molar-refractivity contribution in [2.45, 2.75) is 276 Å². The third kappa shape index (κ3) is 25.7. The number of benzene rings is 2. The van der Waals surface area contributed by atoms with Gasteiger partial charge in [0.2, 0.25) is 17.7 Å². The summed E-state index contributed by atoms with van der Waals surface area (Å²) in [5, 5.41) is 21.0. The van der Waals surface area contributed by atoms with Gasteiger partial charge in [0.05, 0.1) is 79.3 Å². The van der Waals surface area contributed by atoms with E-state index in [4.69, 9.17) is 90.0 Å². The van der Waals surface area contributed by atoms with E-state index in [0.29, 0.717) is 78.0 Å². The van der Waals surface area contributed by atoms with Crippen LogP contribution in [0.3, 0.4) is 0 Å². The summed E-state index contributed by atoms with van der Waals surface area (Å²) in [7, 11) is 0. The second kappa shape index (κ2) is 44.2. The molecule has 9 fully saturated rings. The molecule has 750 valence electrons. The van der Waals surface area contributed by atoms with E-state index in [2.05, 4.69) is 52.2 Å². The SMILES string of the molecule is CC1(C)O[C@@H]2[C@@H](Nc3cccc(C(F)(F)F)n3)[C@H]3OC[C@](COCCCCCCNC(=O)CCOCC(COCCC(=O)NCCCCCCOC[C@@]45CO[C@@H](O4)[C@H](Nc4cccc(C(F)(F)F)n4)[C@H]4OC(C)(C)O[C@H]45)(COCCC(=O)NCCCCCCOC[C@@]45CO[C@@H](O4)[C@H](Nc4cccc(C(F)(F)F)n4)[C@H]4OC(C)(C)O[C@H]45)NC(=O)OCC4c5ccccc5-c5ccccc54)(O3)[C@@H]2O1. The summed E-state index contributed by atoms with van der Waals surface area (Å²) in [6.45, 7) is 12.1. The van der Waals surface area contributed by atoms with Crippen molar-refractivity contribution in [1.29, 1.82) is 0 Å². The van der Waals surface area contributed by atoms with Gasteiger partial charge in [-0.1, -0.05) is 105 Å². The summed E-state index contributed by atoms with van der Waals surface area (Å²) < 4.78 is 241. The molecule has 9 saturated heterocycles. The number of aromatic nitrogens is 3. The van der Waals surface area contributed by atoms with Crippen LogP contribution in [0.1, 0.15) is 172 Å². The smallest absolute Gasteiger partial charge is 0.433 e. The standard InChI is InChI=1S/C94H123F9N10O23/c1-85(2)128-75-72(110-66-33-23-30-63(107-66)92(95,96)97)81-125-55-89(134-81,78(75)131-85)52-118-42-20-10-7-17-39-104-69(114)36-45-121-49-88(113-84(117)124-48-62-60-28-15-13-26-58(60)59-27-14-16-29-61(59)62,50-122-46-37-70(115)105-40-18-8-11-21-43-119-53-90-56-126-82(135-90)73(76-79(90)132-86(3,4)129-76)111-67-34-24-31-64(108-67)93(98,99)100)51-123-47-38-71(116)106-41-19-9-12-22-44-120-54-91-57-127-83(136-91)74(77-80(91)133-87(5,6)130-77)112-68-35-25-32-65(109-68)94(101,102)103/h13-16,23-35,62,72-83H,7-12,17-22,36-57H2,1-6H3,(H,104,114)(H,105,115)(H,106,116)(H,107,110)(H,108,111)(H,109,112)(H,113,117)/t72-,73-,74-,75-,76-,77-,78-,79-,80-,81+,82+,83+,89+,90+,91+/m1/s1. The van der Waals surface area contributed by atoms with E-state index in [1.54, 1.807) is 41.5 Å². The van der Waals surface area contributed by atoms with Crippen LogP contribution in [0.25, 0.3) is 11.1 Å². The van der Waals surface area contributed by atoms with Gasteiger partial charge in [0.25, 0.3) is 0 Å². The lowest BCUT2D eigenvalue weighted by Gasteiger charge is -2.42. The number of halogens is 9. The lowest BCUT2D eigenvalue weighted by Crippen LogP contribution is -2.63. The van der Waals surface area contributed by atoms with Gasteiger partial charge in [0.1, 0.15) is 118 Å². The number of alkyl carbamates (subject to hydrolysis) is 1. The molecule has 12 heterocycles. The molecule has 0 spiro atoms. The van der Waals surface area contributed by atoms with Crippen LogP contribution < -0.4 is 37.2 Å². The lowest BCUT2D eigenvalue weighted by atomic mass is 9.88. The van der Waals surface area contributed by atoms with Gasteiger partial charge in [-0.3, -0.25) is 14.4 Å². The molecule has 0 unspecified atom stereocenters. The number of carbonyl (C=O) groups is 4. The number of carbonyl (C=O) groups excluding carboxylic acids is 4. The quantitative estimate of drug-likeness (QED) is 0.0140. The highest BCUT2D eigenvalue weighted by Crippen LogP contribution is 2.52. The summed E-state index contributed by atoms with van der Waals surface area (Å²) in [6, 6.07) is 24.3. The largest absolute Gasteiger partial charge is 0.449 e. The zero-order valence-electron chi connectivity index (χ0n) is 77.0. The number of unbranched alkanes of at least 4 members (excludes halogenated alkanes) is 9. The Hall–Kier alpha value is -8.38. The fraction of sp³-hybridized carbons (Fsp3) is 0.670. The number of hydrogen-bond donors (Lipinski definition) is 7. The third-order valence-electron chi connectivity index (χ3n) is 25.4. The normalized spacial score (nSPS) is 27.5. The fourth-order valence-electron chi connectivity index (χ4n) is 19.0. The molecule has 10 aliphatic rings. The van der Waals surface area contributed by atoms with Crippen molar-refractivity contribution < 1.29 is 149 Å². The second-order valence-electron chi connectivity index (χ2n) is 37.5. The van der Waals surface area contributed by atoms with Crippen LogP contribution in [0.4, 0.5) is 61.8 Å². The van der Waals surface area contributed by atoms with Gasteiger partial charge in [-0.15, -0.1) is 0 Å². The third-order valence-corrected chi connectivity index (χ3v) is 25.4. The molecular formula is C94H123F9N10O23. The van der Waals surface area contributed by atoms with Crippen LogP contribution in [-0.2, 0) is 123 Å². The monoisotopic (exact) mass is 1930 g/mol. The van der Waals surface area contributed by atoms with Gasteiger partial charge in [-0.25, -0.2) is 19.7 Å². The minimum atomic E-state index is -4.65. The van der Waals surface area contributed by atoms with Crippen molar-refractivity contribution in [2.75, 3.05) is 141 Å². The van der Waals surface area contributed by atoms with Crippen molar-refractivity contribution in [2.24, 2.45) is 0 Å². The topological polar surface area (TPSA) is 367 Å². The predicted octanol–water partition coefficient (Wildman–Crippen LogP) is 12.2. The van der Waals surface area contributed by atoms with Crippen molar-refractivity contribution >= 4 is 41.3 Å². The number of hydrogen-bond acceptors (Lipinski definition) is 29. The Morgan fingerprint density at radius 2 is 0.691 bits per heavy atom. The maximum atomic E-state index is 14.4. The number of nitrogens with one attached hydrogen (secondary N) is 7. The molecule has 15 rings (SSSR count). The summed E-state index contributed by atoms with van der Waals surface area (Å²) in [5.74, 6) is -4.38. The van der Waals surface area contributed by atoms with Crippen molar-refractivity contribution in [3.05, 3.63) is 131 Å². The lowest BCUT2D eigenvalue weighted by molar-refractivity contribution is -0.207. The zero-order valence-corrected chi connectivity index (χ0v) is 77.0. The number of ether oxygens (including phenoxy) is 19. The molecule has 3 aromatic heterocycles. The van der Waals surface area contributed by atoms with Gasteiger partial charge in [-0.2, -0.15) is 39.5 Å². The maximum absolute atomic E-state index is 14.4. The molecule has 2 aromatic carbocycles. The minimum Gasteiger partial charge on any atom is -0.449 e. The first kappa shape index (κ1) is 102. The maximum Gasteiger partial charge on any atom is 0.433 e. The van der Waals surface area contributed by atoms with Crippen LogP contribution in [0.2, 0.25) is 0 Å². The van der Waals surface area contributed by atoms with E-state index in [0.717, 1.165) is 79.0 Å². The average Bonchev–Trinajstić information content (AvgIpc) is 1.57. The predicted molar refractivity (Wildman–Crippen MR) is 466 cm³/mol. The van der Waals surface area contributed by atoms with E-state index < -0.39 is 155 Å². The van der Waals surface area contributed by atoms with Gasteiger partial charge in [-0.05, 0) is 139 Å².